The topological polar surface area (TPSA) is 41.5 Å². The molecule has 2 N–H and O–H groups in total. The SMILES string of the molecule is CC(C)NCC(O)COc1cccc2c1CCC2.Cl. The molecule has 1 aliphatic rings. The van der Waals surface area contributed by atoms with Crippen molar-refractivity contribution < 1.29 is 9.84 Å². The molecule has 1 aromatic carbocycles. The molecule has 0 heterocycles. The lowest BCUT2D eigenvalue weighted by Crippen LogP contribution is -2.35. The van der Waals surface area contributed by atoms with Gasteiger partial charge in [0.15, 0.2) is 0 Å². The molecular weight excluding hydrogens is 262 g/mol. The van der Waals surface area contributed by atoms with Crippen molar-refractivity contribution in [1.29, 1.82) is 0 Å². The Balaban J connectivity index is 0.00000180. The van der Waals surface area contributed by atoms with Gasteiger partial charge in [0.1, 0.15) is 18.5 Å². The molecule has 0 aliphatic heterocycles. The summed E-state index contributed by atoms with van der Waals surface area (Å²) in [6, 6.07) is 6.61. The summed E-state index contributed by atoms with van der Waals surface area (Å²) in [5, 5.41) is 13.0. The van der Waals surface area contributed by atoms with Crippen molar-refractivity contribution in [2.45, 2.75) is 45.3 Å². The molecule has 2 rings (SSSR count). The van der Waals surface area contributed by atoms with Crippen LogP contribution in [-0.4, -0.2) is 30.4 Å². The third-order valence-corrected chi connectivity index (χ3v) is 3.30. The number of fused-ring (bicyclic) bond motifs is 1. The second-order valence-electron chi connectivity index (χ2n) is 5.28. The van der Waals surface area contributed by atoms with Crippen molar-refractivity contribution in [3.63, 3.8) is 0 Å². The molecule has 3 nitrogen and oxygen atoms in total. The van der Waals surface area contributed by atoms with Crippen molar-refractivity contribution in [2.75, 3.05) is 13.2 Å². The standard InChI is InChI=1S/C15H23NO2.ClH/c1-11(2)16-9-13(17)10-18-15-8-4-6-12-5-3-7-14(12)15;/h4,6,8,11,13,16-17H,3,5,7,9-10H2,1-2H3;1H. The van der Waals surface area contributed by atoms with Gasteiger partial charge in [-0.3, -0.25) is 0 Å². The summed E-state index contributed by atoms with van der Waals surface area (Å²) in [5.41, 5.74) is 2.74. The van der Waals surface area contributed by atoms with Gasteiger partial charge in [-0.25, -0.2) is 0 Å². The van der Waals surface area contributed by atoms with Crippen molar-refractivity contribution in [2.24, 2.45) is 0 Å². The van der Waals surface area contributed by atoms with Crippen LogP contribution in [0.15, 0.2) is 18.2 Å². The first-order chi connectivity index (χ1) is 8.66. The number of hydrogen-bond acceptors (Lipinski definition) is 3. The summed E-state index contributed by atoms with van der Waals surface area (Å²) in [7, 11) is 0. The van der Waals surface area contributed by atoms with Crippen LogP contribution in [0.3, 0.4) is 0 Å². The molecule has 19 heavy (non-hydrogen) atoms. The summed E-state index contributed by atoms with van der Waals surface area (Å²) < 4.78 is 5.75. The Morgan fingerprint density at radius 1 is 1.32 bits per heavy atom. The van der Waals surface area contributed by atoms with Gasteiger partial charge in [-0.05, 0) is 36.5 Å². The summed E-state index contributed by atoms with van der Waals surface area (Å²) >= 11 is 0. The fourth-order valence-corrected chi connectivity index (χ4v) is 2.34. The number of nitrogens with one attached hydrogen (secondary N) is 1. The molecule has 1 aromatic rings. The molecule has 0 aromatic heterocycles. The Morgan fingerprint density at radius 2 is 2.11 bits per heavy atom. The van der Waals surface area contributed by atoms with Gasteiger partial charge >= 0.3 is 0 Å². The van der Waals surface area contributed by atoms with Crippen LogP contribution >= 0.6 is 12.4 Å². The van der Waals surface area contributed by atoms with E-state index in [0.29, 0.717) is 19.2 Å². The molecule has 1 aliphatic carbocycles. The molecule has 4 heteroatoms. The molecule has 0 saturated carbocycles. The van der Waals surface area contributed by atoms with E-state index >= 15 is 0 Å². The van der Waals surface area contributed by atoms with E-state index in [1.165, 1.54) is 17.5 Å². The van der Waals surface area contributed by atoms with Gasteiger partial charge in [-0.1, -0.05) is 26.0 Å². The largest absolute Gasteiger partial charge is 0.491 e. The molecule has 0 amide bonds. The third kappa shape index (κ3) is 4.68. The zero-order valence-electron chi connectivity index (χ0n) is 11.7. The van der Waals surface area contributed by atoms with Crippen molar-refractivity contribution in [3.05, 3.63) is 29.3 Å². The van der Waals surface area contributed by atoms with Crippen LogP contribution in [0.1, 0.15) is 31.4 Å². The second kappa shape index (κ2) is 7.73. The second-order valence-corrected chi connectivity index (χ2v) is 5.28. The van der Waals surface area contributed by atoms with E-state index in [1.54, 1.807) is 0 Å². The fourth-order valence-electron chi connectivity index (χ4n) is 2.34. The van der Waals surface area contributed by atoms with E-state index < -0.39 is 6.10 Å². The third-order valence-electron chi connectivity index (χ3n) is 3.30. The Morgan fingerprint density at radius 3 is 2.84 bits per heavy atom. The quantitative estimate of drug-likeness (QED) is 0.843. The number of hydrogen-bond donors (Lipinski definition) is 2. The molecule has 1 atom stereocenters. The first-order valence-corrected chi connectivity index (χ1v) is 6.82. The summed E-state index contributed by atoms with van der Waals surface area (Å²) in [6.45, 7) is 5.07. The van der Waals surface area contributed by atoms with E-state index in [1.807, 2.05) is 12.1 Å². The molecular formula is C15H24ClNO2. The van der Waals surface area contributed by atoms with Gasteiger partial charge in [0, 0.05) is 12.6 Å². The zero-order chi connectivity index (χ0) is 13.0. The van der Waals surface area contributed by atoms with Crippen molar-refractivity contribution in [1.82, 2.24) is 5.32 Å². The highest BCUT2D eigenvalue weighted by Gasteiger charge is 2.16. The molecule has 0 radical (unpaired) electrons. The lowest BCUT2D eigenvalue weighted by Gasteiger charge is -2.16. The van der Waals surface area contributed by atoms with E-state index in [4.69, 9.17) is 4.74 Å². The van der Waals surface area contributed by atoms with Crippen molar-refractivity contribution >= 4 is 12.4 Å². The van der Waals surface area contributed by atoms with Crippen LogP contribution < -0.4 is 10.1 Å². The van der Waals surface area contributed by atoms with Gasteiger partial charge in [0.05, 0.1) is 0 Å². The fraction of sp³-hybridized carbons (Fsp3) is 0.600. The maximum absolute atomic E-state index is 9.82. The van der Waals surface area contributed by atoms with Gasteiger partial charge in [-0.2, -0.15) is 0 Å². The van der Waals surface area contributed by atoms with E-state index in [0.717, 1.165) is 18.6 Å². The number of aliphatic hydroxyl groups is 1. The maximum Gasteiger partial charge on any atom is 0.122 e. The lowest BCUT2D eigenvalue weighted by atomic mass is 10.1. The van der Waals surface area contributed by atoms with Crippen LogP contribution in [0.4, 0.5) is 0 Å². The Kier molecular flexibility index (Phi) is 6.63. The average Bonchev–Trinajstić information content (AvgIpc) is 2.82. The summed E-state index contributed by atoms with van der Waals surface area (Å²) in [5.74, 6) is 0.952. The van der Waals surface area contributed by atoms with E-state index in [2.05, 4.69) is 25.2 Å². The highest BCUT2D eigenvalue weighted by Crippen LogP contribution is 2.30. The summed E-state index contributed by atoms with van der Waals surface area (Å²) in [6.07, 6.45) is 3.02. The number of aliphatic hydroxyl groups excluding tert-OH is 1. The van der Waals surface area contributed by atoms with Crippen molar-refractivity contribution in [3.8, 4) is 5.75 Å². The molecule has 1 unspecified atom stereocenters. The Hall–Kier alpha value is -0.770. The van der Waals surface area contributed by atoms with Crippen LogP contribution in [0.5, 0.6) is 5.75 Å². The average molecular weight is 286 g/mol. The normalized spacial score (nSPS) is 14.9. The van der Waals surface area contributed by atoms with Crippen LogP contribution in [0.2, 0.25) is 0 Å². The van der Waals surface area contributed by atoms with Crippen LogP contribution in [-0.2, 0) is 12.8 Å². The predicted molar refractivity (Wildman–Crippen MR) is 80.4 cm³/mol. The number of aryl methyl sites for hydroxylation is 1. The van der Waals surface area contributed by atoms with Gasteiger partial charge < -0.3 is 15.2 Å². The number of ether oxygens (including phenoxy) is 1. The number of rotatable bonds is 6. The molecule has 0 bridgehead atoms. The lowest BCUT2D eigenvalue weighted by molar-refractivity contribution is 0.104. The number of halogens is 1. The van der Waals surface area contributed by atoms with Gasteiger partial charge in [-0.15, -0.1) is 12.4 Å². The molecule has 0 saturated heterocycles. The minimum absolute atomic E-state index is 0. The minimum Gasteiger partial charge on any atom is -0.491 e. The zero-order valence-corrected chi connectivity index (χ0v) is 12.5. The van der Waals surface area contributed by atoms with Gasteiger partial charge in [0.2, 0.25) is 0 Å². The van der Waals surface area contributed by atoms with E-state index in [-0.39, 0.29) is 12.4 Å². The van der Waals surface area contributed by atoms with E-state index in [9.17, 15) is 5.11 Å². The minimum atomic E-state index is -0.454. The number of benzene rings is 1. The molecule has 0 fully saturated rings. The molecule has 108 valence electrons. The molecule has 0 spiro atoms. The monoisotopic (exact) mass is 285 g/mol. The predicted octanol–water partition coefficient (Wildman–Crippen LogP) is 2.33. The smallest absolute Gasteiger partial charge is 0.122 e. The highest BCUT2D eigenvalue weighted by molar-refractivity contribution is 5.85. The van der Waals surface area contributed by atoms with Gasteiger partial charge in [0.25, 0.3) is 0 Å². The first kappa shape index (κ1) is 16.3. The van der Waals surface area contributed by atoms with Crippen LogP contribution in [0, 0.1) is 0 Å². The first-order valence-electron chi connectivity index (χ1n) is 6.82. The maximum atomic E-state index is 9.82. The summed E-state index contributed by atoms with van der Waals surface area (Å²) in [4.78, 5) is 0. The Labute approximate surface area is 121 Å². The highest BCUT2D eigenvalue weighted by atomic mass is 35.5. The van der Waals surface area contributed by atoms with Crippen LogP contribution in [0.25, 0.3) is 0 Å². The Bertz CT molecular complexity index is 396.